The van der Waals surface area contributed by atoms with E-state index in [0.29, 0.717) is 5.92 Å². The lowest BCUT2D eigenvalue weighted by atomic mass is 9.92. The van der Waals surface area contributed by atoms with Crippen molar-refractivity contribution in [2.45, 2.75) is 38.7 Å². The SMILES string of the molecule is CC(O)C1CCN(CC2CC2)CC1. The van der Waals surface area contributed by atoms with Crippen molar-refractivity contribution in [2.75, 3.05) is 19.6 Å². The highest BCUT2D eigenvalue weighted by molar-refractivity contribution is 4.81. The standard InChI is InChI=1S/C11H21NO/c1-9(13)11-4-6-12(7-5-11)8-10-2-3-10/h9-11,13H,2-8H2,1H3. The number of aliphatic hydroxyl groups excluding tert-OH is 1. The van der Waals surface area contributed by atoms with E-state index in [1.54, 1.807) is 0 Å². The number of aliphatic hydroxyl groups is 1. The van der Waals surface area contributed by atoms with E-state index >= 15 is 0 Å². The molecule has 2 nitrogen and oxygen atoms in total. The Kier molecular flexibility index (Phi) is 2.89. The molecule has 0 amide bonds. The van der Waals surface area contributed by atoms with Crippen LogP contribution in [0.25, 0.3) is 0 Å². The summed E-state index contributed by atoms with van der Waals surface area (Å²) in [5, 5.41) is 9.44. The molecule has 0 aromatic carbocycles. The summed E-state index contributed by atoms with van der Waals surface area (Å²) in [6.45, 7) is 5.69. The molecule has 0 radical (unpaired) electrons. The molecule has 1 saturated heterocycles. The summed E-state index contributed by atoms with van der Waals surface area (Å²) in [5.74, 6) is 1.58. The molecule has 0 spiro atoms. The van der Waals surface area contributed by atoms with Gasteiger partial charge in [-0.1, -0.05) is 0 Å². The molecule has 1 aliphatic carbocycles. The highest BCUT2D eigenvalue weighted by Gasteiger charge is 2.28. The van der Waals surface area contributed by atoms with Crippen molar-refractivity contribution in [1.82, 2.24) is 4.90 Å². The summed E-state index contributed by atoms with van der Waals surface area (Å²) >= 11 is 0. The molecule has 2 aliphatic rings. The highest BCUT2D eigenvalue weighted by atomic mass is 16.3. The van der Waals surface area contributed by atoms with E-state index in [4.69, 9.17) is 0 Å². The van der Waals surface area contributed by atoms with Gasteiger partial charge in [-0.05, 0) is 57.5 Å². The van der Waals surface area contributed by atoms with Crippen LogP contribution < -0.4 is 0 Å². The van der Waals surface area contributed by atoms with Crippen molar-refractivity contribution in [3.8, 4) is 0 Å². The lowest BCUT2D eigenvalue weighted by Gasteiger charge is -2.33. The van der Waals surface area contributed by atoms with E-state index in [-0.39, 0.29) is 6.10 Å². The van der Waals surface area contributed by atoms with Crippen molar-refractivity contribution in [2.24, 2.45) is 11.8 Å². The molecule has 0 aromatic rings. The van der Waals surface area contributed by atoms with Crippen LogP contribution in [0.15, 0.2) is 0 Å². The topological polar surface area (TPSA) is 23.5 Å². The predicted octanol–water partition coefficient (Wildman–Crippen LogP) is 1.49. The summed E-state index contributed by atoms with van der Waals surface area (Å²) < 4.78 is 0. The van der Waals surface area contributed by atoms with E-state index in [1.807, 2.05) is 6.92 Å². The largest absolute Gasteiger partial charge is 0.393 e. The van der Waals surface area contributed by atoms with Crippen molar-refractivity contribution in [3.63, 3.8) is 0 Å². The Labute approximate surface area is 80.9 Å². The third kappa shape index (κ3) is 2.68. The fraction of sp³-hybridized carbons (Fsp3) is 1.00. The van der Waals surface area contributed by atoms with Gasteiger partial charge in [-0.15, -0.1) is 0 Å². The molecule has 0 aromatic heterocycles. The fourth-order valence-corrected chi connectivity index (χ4v) is 2.28. The van der Waals surface area contributed by atoms with Gasteiger partial charge in [-0.3, -0.25) is 0 Å². The lowest BCUT2D eigenvalue weighted by molar-refractivity contribution is 0.0704. The molecule has 1 N–H and O–H groups in total. The summed E-state index contributed by atoms with van der Waals surface area (Å²) in [5.41, 5.74) is 0. The molecule has 1 heterocycles. The normalized spacial score (nSPS) is 29.1. The van der Waals surface area contributed by atoms with Crippen LogP contribution in [0, 0.1) is 11.8 Å². The number of likely N-dealkylation sites (tertiary alicyclic amines) is 1. The Morgan fingerprint density at radius 3 is 2.31 bits per heavy atom. The molecule has 1 unspecified atom stereocenters. The molecule has 2 fully saturated rings. The molecule has 1 atom stereocenters. The zero-order valence-electron chi connectivity index (χ0n) is 8.58. The Bertz CT molecular complexity index is 157. The second-order valence-electron chi connectivity index (χ2n) is 4.82. The Morgan fingerprint density at radius 2 is 1.85 bits per heavy atom. The van der Waals surface area contributed by atoms with Crippen molar-refractivity contribution < 1.29 is 5.11 Å². The van der Waals surface area contributed by atoms with Gasteiger partial charge in [0.2, 0.25) is 0 Å². The van der Waals surface area contributed by atoms with E-state index in [0.717, 1.165) is 5.92 Å². The molecule has 1 aliphatic heterocycles. The van der Waals surface area contributed by atoms with Crippen molar-refractivity contribution >= 4 is 0 Å². The third-order valence-electron chi connectivity index (χ3n) is 3.53. The van der Waals surface area contributed by atoms with Gasteiger partial charge < -0.3 is 10.0 Å². The van der Waals surface area contributed by atoms with Crippen molar-refractivity contribution in [3.05, 3.63) is 0 Å². The van der Waals surface area contributed by atoms with Gasteiger partial charge in [0, 0.05) is 6.54 Å². The summed E-state index contributed by atoms with van der Waals surface area (Å²) in [6.07, 6.45) is 5.21. The minimum absolute atomic E-state index is 0.0944. The number of nitrogens with zero attached hydrogens (tertiary/aromatic N) is 1. The van der Waals surface area contributed by atoms with Crippen LogP contribution in [-0.2, 0) is 0 Å². The van der Waals surface area contributed by atoms with E-state index in [1.165, 1.54) is 45.3 Å². The fourth-order valence-electron chi connectivity index (χ4n) is 2.28. The van der Waals surface area contributed by atoms with Crippen LogP contribution in [0.3, 0.4) is 0 Å². The highest BCUT2D eigenvalue weighted by Crippen LogP contribution is 2.31. The second kappa shape index (κ2) is 3.97. The van der Waals surface area contributed by atoms with Gasteiger partial charge >= 0.3 is 0 Å². The van der Waals surface area contributed by atoms with Gasteiger partial charge in [0.15, 0.2) is 0 Å². The van der Waals surface area contributed by atoms with Crippen LogP contribution in [0.2, 0.25) is 0 Å². The summed E-state index contributed by atoms with van der Waals surface area (Å²) in [4.78, 5) is 2.58. The molecule has 2 rings (SSSR count). The van der Waals surface area contributed by atoms with Gasteiger partial charge in [0.25, 0.3) is 0 Å². The first-order valence-electron chi connectivity index (χ1n) is 5.66. The first-order chi connectivity index (χ1) is 6.25. The number of rotatable bonds is 3. The number of piperidine rings is 1. The smallest absolute Gasteiger partial charge is 0.0541 e. The molecule has 1 saturated carbocycles. The van der Waals surface area contributed by atoms with Crippen molar-refractivity contribution in [1.29, 1.82) is 0 Å². The van der Waals surface area contributed by atoms with E-state index < -0.39 is 0 Å². The molecule has 2 heteroatoms. The predicted molar refractivity (Wildman–Crippen MR) is 53.6 cm³/mol. The molecular formula is C11H21NO. The number of hydrogen-bond donors (Lipinski definition) is 1. The van der Waals surface area contributed by atoms with Gasteiger partial charge in [0.05, 0.1) is 6.10 Å². The van der Waals surface area contributed by atoms with Crippen LogP contribution >= 0.6 is 0 Å². The quantitative estimate of drug-likeness (QED) is 0.716. The Hall–Kier alpha value is -0.0800. The summed E-state index contributed by atoms with van der Waals surface area (Å²) in [6, 6.07) is 0. The molecule has 76 valence electrons. The zero-order valence-corrected chi connectivity index (χ0v) is 8.58. The minimum atomic E-state index is -0.0944. The lowest BCUT2D eigenvalue weighted by Crippen LogP contribution is -2.38. The number of hydrogen-bond acceptors (Lipinski definition) is 2. The zero-order chi connectivity index (χ0) is 9.26. The molecule has 0 bridgehead atoms. The third-order valence-corrected chi connectivity index (χ3v) is 3.53. The monoisotopic (exact) mass is 183 g/mol. The van der Waals surface area contributed by atoms with Crippen LogP contribution in [-0.4, -0.2) is 35.7 Å². The van der Waals surface area contributed by atoms with E-state index in [9.17, 15) is 5.11 Å². The Balaban J connectivity index is 1.69. The summed E-state index contributed by atoms with van der Waals surface area (Å²) in [7, 11) is 0. The molecular weight excluding hydrogens is 162 g/mol. The maximum Gasteiger partial charge on any atom is 0.0541 e. The maximum absolute atomic E-state index is 9.44. The van der Waals surface area contributed by atoms with Crippen LogP contribution in [0.5, 0.6) is 0 Å². The first kappa shape index (κ1) is 9.47. The molecule has 13 heavy (non-hydrogen) atoms. The van der Waals surface area contributed by atoms with Gasteiger partial charge in [-0.2, -0.15) is 0 Å². The maximum atomic E-state index is 9.44. The first-order valence-corrected chi connectivity index (χ1v) is 5.66. The second-order valence-corrected chi connectivity index (χ2v) is 4.82. The van der Waals surface area contributed by atoms with Gasteiger partial charge in [0.1, 0.15) is 0 Å². The van der Waals surface area contributed by atoms with Crippen LogP contribution in [0.4, 0.5) is 0 Å². The van der Waals surface area contributed by atoms with E-state index in [2.05, 4.69) is 4.90 Å². The van der Waals surface area contributed by atoms with Gasteiger partial charge in [-0.25, -0.2) is 0 Å². The minimum Gasteiger partial charge on any atom is -0.393 e. The Morgan fingerprint density at radius 1 is 1.23 bits per heavy atom. The van der Waals surface area contributed by atoms with Crippen LogP contribution in [0.1, 0.15) is 32.6 Å². The average Bonchev–Trinajstić information content (AvgIpc) is 2.89. The average molecular weight is 183 g/mol.